The van der Waals surface area contributed by atoms with Crippen molar-refractivity contribution < 1.29 is 9.18 Å². The predicted molar refractivity (Wildman–Crippen MR) is 107 cm³/mol. The molecule has 1 atom stereocenters. The fourth-order valence-corrected chi connectivity index (χ4v) is 3.70. The number of nitrogens with zero attached hydrogens (tertiary/aromatic N) is 4. The molecule has 2 aromatic rings. The van der Waals surface area contributed by atoms with Crippen molar-refractivity contribution in [3.63, 3.8) is 0 Å². The van der Waals surface area contributed by atoms with Crippen LogP contribution in [-0.2, 0) is 0 Å². The number of amides is 2. The molecule has 6 nitrogen and oxygen atoms in total. The van der Waals surface area contributed by atoms with Gasteiger partial charge >= 0.3 is 6.03 Å². The maximum Gasteiger partial charge on any atom is 0.321 e. The second-order valence-electron chi connectivity index (χ2n) is 7.72. The van der Waals surface area contributed by atoms with Crippen LogP contribution in [0.4, 0.5) is 20.8 Å². The van der Waals surface area contributed by atoms with Gasteiger partial charge in [-0.25, -0.2) is 19.2 Å². The van der Waals surface area contributed by atoms with E-state index in [0.717, 1.165) is 44.7 Å². The van der Waals surface area contributed by atoms with Crippen molar-refractivity contribution in [2.75, 3.05) is 36.0 Å². The van der Waals surface area contributed by atoms with Crippen molar-refractivity contribution in [3.05, 3.63) is 48.5 Å². The average molecular weight is 383 g/mol. The smallest absolute Gasteiger partial charge is 0.321 e. The molecule has 4 rings (SSSR count). The van der Waals surface area contributed by atoms with E-state index in [2.05, 4.69) is 20.2 Å². The molecule has 2 fully saturated rings. The molecule has 1 aliphatic heterocycles. The quantitative estimate of drug-likeness (QED) is 0.830. The van der Waals surface area contributed by atoms with Crippen molar-refractivity contribution in [1.82, 2.24) is 15.3 Å². The Hall–Kier alpha value is -2.70. The number of piperidine rings is 1. The Labute approximate surface area is 164 Å². The summed E-state index contributed by atoms with van der Waals surface area (Å²) in [6.45, 7) is 3.00. The number of hydrogen-bond donors (Lipinski definition) is 1. The first-order chi connectivity index (χ1) is 13.7. The molecule has 0 spiro atoms. The van der Waals surface area contributed by atoms with Gasteiger partial charge in [0.2, 0.25) is 5.95 Å². The highest BCUT2D eigenvalue weighted by Gasteiger charge is 2.29. The highest BCUT2D eigenvalue weighted by Crippen LogP contribution is 2.31. The van der Waals surface area contributed by atoms with Gasteiger partial charge in [0.05, 0.1) is 0 Å². The monoisotopic (exact) mass is 383 g/mol. The van der Waals surface area contributed by atoms with Gasteiger partial charge in [-0.05, 0) is 61.8 Å². The summed E-state index contributed by atoms with van der Waals surface area (Å²) in [5.74, 6) is 1.29. The second kappa shape index (κ2) is 8.54. The summed E-state index contributed by atoms with van der Waals surface area (Å²) in [6.07, 6.45) is 7.88. The zero-order valence-electron chi connectivity index (χ0n) is 15.9. The number of aromatic nitrogens is 2. The van der Waals surface area contributed by atoms with Crippen LogP contribution in [0.25, 0.3) is 0 Å². The normalized spacial score (nSPS) is 19.3. The van der Waals surface area contributed by atoms with Crippen LogP contribution in [0.15, 0.2) is 42.7 Å². The summed E-state index contributed by atoms with van der Waals surface area (Å²) in [5.41, 5.74) is 0.618. The summed E-state index contributed by atoms with van der Waals surface area (Å²) in [4.78, 5) is 25.4. The van der Waals surface area contributed by atoms with E-state index in [1.807, 2.05) is 6.07 Å². The number of urea groups is 1. The van der Waals surface area contributed by atoms with Crippen LogP contribution in [0.1, 0.15) is 25.7 Å². The summed E-state index contributed by atoms with van der Waals surface area (Å²) >= 11 is 0. The molecule has 1 saturated heterocycles. The Bertz CT molecular complexity index is 798. The minimum Gasteiger partial charge on any atom is -0.340 e. The third kappa shape index (κ3) is 4.77. The van der Waals surface area contributed by atoms with Crippen LogP contribution in [0, 0.1) is 17.7 Å². The number of benzene rings is 1. The third-order valence-electron chi connectivity index (χ3n) is 5.40. The number of carbonyl (C=O) groups excluding carboxylic acids is 1. The summed E-state index contributed by atoms with van der Waals surface area (Å²) < 4.78 is 13.6. The van der Waals surface area contributed by atoms with Crippen molar-refractivity contribution in [2.24, 2.45) is 11.8 Å². The Kier molecular flexibility index (Phi) is 5.69. The van der Waals surface area contributed by atoms with Crippen molar-refractivity contribution in [2.45, 2.75) is 25.7 Å². The zero-order chi connectivity index (χ0) is 19.3. The number of halogens is 1. The van der Waals surface area contributed by atoms with Crippen LogP contribution in [0.3, 0.4) is 0 Å². The van der Waals surface area contributed by atoms with Gasteiger partial charge < -0.3 is 10.2 Å². The number of anilines is 2. The fraction of sp³-hybridized carbons (Fsp3) is 0.476. The number of hydrogen-bond acceptors (Lipinski definition) is 4. The number of rotatable bonds is 6. The third-order valence-corrected chi connectivity index (χ3v) is 5.40. The maximum atomic E-state index is 13.6. The standard InChI is InChI=1S/C21H26FN5O/c22-18-5-1-6-19(12-18)27(15-16-7-8-16)21(28)25-13-17-4-2-11-26(14-17)20-23-9-3-10-24-20/h1,3,5-6,9-10,12,16-17H,2,4,7-8,11,13-15H2,(H,25,28). The first-order valence-corrected chi connectivity index (χ1v) is 10.0. The Morgan fingerprint density at radius 2 is 2.00 bits per heavy atom. The molecule has 1 N–H and O–H groups in total. The zero-order valence-corrected chi connectivity index (χ0v) is 15.9. The van der Waals surface area contributed by atoms with Gasteiger partial charge in [-0.2, -0.15) is 0 Å². The summed E-state index contributed by atoms with van der Waals surface area (Å²) in [7, 11) is 0. The SMILES string of the molecule is O=C(NCC1CCCN(c2ncccn2)C1)N(CC1CC1)c1cccc(F)c1. The van der Waals surface area contributed by atoms with Crippen LogP contribution < -0.4 is 15.1 Å². The van der Waals surface area contributed by atoms with Crippen LogP contribution >= 0.6 is 0 Å². The molecular formula is C21H26FN5O. The topological polar surface area (TPSA) is 61.4 Å². The molecule has 148 valence electrons. The lowest BCUT2D eigenvalue weighted by Crippen LogP contribution is -2.46. The molecule has 0 bridgehead atoms. The molecule has 7 heteroatoms. The predicted octanol–water partition coefficient (Wildman–Crippen LogP) is 3.46. The van der Waals surface area contributed by atoms with Gasteiger partial charge in [0.15, 0.2) is 0 Å². The van der Waals surface area contributed by atoms with Crippen LogP contribution in [0.5, 0.6) is 0 Å². The van der Waals surface area contributed by atoms with E-state index < -0.39 is 0 Å². The molecule has 1 aromatic heterocycles. The molecule has 2 aliphatic rings. The number of carbonyl (C=O) groups is 1. The lowest BCUT2D eigenvalue weighted by Gasteiger charge is -2.33. The average Bonchev–Trinajstić information content (AvgIpc) is 3.55. The molecule has 2 heterocycles. The Morgan fingerprint density at radius 3 is 2.75 bits per heavy atom. The Morgan fingerprint density at radius 1 is 1.18 bits per heavy atom. The van der Waals surface area contributed by atoms with Gasteiger partial charge in [-0.1, -0.05) is 6.07 Å². The van der Waals surface area contributed by atoms with E-state index in [9.17, 15) is 9.18 Å². The van der Waals surface area contributed by atoms with Gasteiger partial charge in [-0.15, -0.1) is 0 Å². The lowest BCUT2D eigenvalue weighted by atomic mass is 9.98. The molecule has 1 aliphatic carbocycles. The highest BCUT2D eigenvalue weighted by molar-refractivity contribution is 5.92. The minimum absolute atomic E-state index is 0.148. The van der Waals surface area contributed by atoms with Crippen molar-refractivity contribution >= 4 is 17.7 Å². The van der Waals surface area contributed by atoms with E-state index in [-0.39, 0.29) is 11.8 Å². The van der Waals surface area contributed by atoms with Gasteiger partial charge in [0.1, 0.15) is 5.82 Å². The fourth-order valence-electron chi connectivity index (χ4n) is 3.70. The first kappa shape index (κ1) is 18.7. The van der Waals surface area contributed by atoms with Crippen molar-refractivity contribution in [3.8, 4) is 0 Å². The molecular weight excluding hydrogens is 357 g/mol. The summed E-state index contributed by atoms with van der Waals surface area (Å²) in [6, 6.07) is 7.93. The van der Waals surface area contributed by atoms with Crippen LogP contribution in [-0.4, -0.2) is 42.2 Å². The largest absolute Gasteiger partial charge is 0.340 e. The molecule has 1 saturated carbocycles. The maximum absolute atomic E-state index is 13.6. The molecule has 2 amide bonds. The first-order valence-electron chi connectivity index (χ1n) is 10.0. The van der Waals surface area contributed by atoms with Crippen LogP contribution in [0.2, 0.25) is 0 Å². The summed E-state index contributed by atoms with van der Waals surface area (Å²) in [5, 5.41) is 3.07. The van der Waals surface area contributed by atoms with Gasteiger partial charge in [0, 0.05) is 44.3 Å². The van der Waals surface area contributed by atoms with Gasteiger partial charge in [0.25, 0.3) is 0 Å². The van der Waals surface area contributed by atoms with E-state index in [0.29, 0.717) is 30.6 Å². The van der Waals surface area contributed by atoms with Crippen molar-refractivity contribution in [1.29, 1.82) is 0 Å². The second-order valence-corrected chi connectivity index (χ2v) is 7.72. The minimum atomic E-state index is -0.322. The lowest BCUT2D eigenvalue weighted by molar-refractivity contribution is 0.243. The molecule has 1 unspecified atom stereocenters. The molecule has 28 heavy (non-hydrogen) atoms. The van der Waals surface area contributed by atoms with Gasteiger partial charge in [-0.3, -0.25) is 4.90 Å². The molecule has 1 aromatic carbocycles. The Balaban J connectivity index is 1.36. The van der Waals surface area contributed by atoms with E-state index in [4.69, 9.17) is 0 Å². The van der Waals surface area contributed by atoms with E-state index in [1.165, 1.54) is 12.1 Å². The molecule has 0 radical (unpaired) electrons. The number of nitrogens with one attached hydrogen (secondary N) is 1. The highest BCUT2D eigenvalue weighted by atomic mass is 19.1. The van der Waals surface area contributed by atoms with E-state index in [1.54, 1.807) is 29.4 Å². The van der Waals surface area contributed by atoms with E-state index >= 15 is 0 Å².